The lowest BCUT2D eigenvalue weighted by Crippen LogP contribution is -2.18. The van der Waals surface area contributed by atoms with Crippen LogP contribution in [0.2, 0.25) is 0 Å². The number of carbonyl (C=O) groups is 1. The van der Waals surface area contributed by atoms with Gasteiger partial charge in [0.2, 0.25) is 0 Å². The molecule has 0 aromatic rings. The second kappa shape index (κ2) is 8.60. The monoisotopic (exact) mass is 228 g/mol. The van der Waals surface area contributed by atoms with Gasteiger partial charge in [-0.05, 0) is 11.8 Å². The molecule has 0 aliphatic rings. The number of ether oxygens (including phenoxy) is 1. The van der Waals surface area contributed by atoms with Crippen molar-refractivity contribution in [2.45, 2.75) is 72.6 Å². The molecule has 2 nitrogen and oxygen atoms in total. The Morgan fingerprint density at radius 3 is 2.25 bits per heavy atom. The van der Waals surface area contributed by atoms with Crippen LogP contribution in [-0.2, 0) is 9.53 Å². The molecule has 16 heavy (non-hydrogen) atoms. The van der Waals surface area contributed by atoms with Crippen molar-refractivity contribution in [3.63, 3.8) is 0 Å². The van der Waals surface area contributed by atoms with Crippen molar-refractivity contribution in [3.8, 4) is 0 Å². The van der Waals surface area contributed by atoms with Crippen LogP contribution in [0.5, 0.6) is 0 Å². The molecule has 0 saturated heterocycles. The Bertz CT molecular complexity index is 185. The summed E-state index contributed by atoms with van der Waals surface area (Å²) in [5.41, 5.74) is 0.0826. The summed E-state index contributed by atoms with van der Waals surface area (Å²) in [7, 11) is 0. The summed E-state index contributed by atoms with van der Waals surface area (Å²) in [5, 5.41) is 0. The summed E-state index contributed by atoms with van der Waals surface area (Å²) >= 11 is 0. The molecule has 0 rings (SSSR count). The van der Waals surface area contributed by atoms with Crippen LogP contribution >= 0.6 is 0 Å². The molecule has 0 bridgehead atoms. The van der Waals surface area contributed by atoms with Gasteiger partial charge in [0.1, 0.15) is 0 Å². The maximum Gasteiger partial charge on any atom is 0.306 e. The van der Waals surface area contributed by atoms with Gasteiger partial charge in [0.05, 0.1) is 13.0 Å². The smallest absolute Gasteiger partial charge is 0.306 e. The van der Waals surface area contributed by atoms with E-state index in [1.54, 1.807) is 0 Å². The standard InChI is InChI=1S/C14H28O2/c1-5-7-8-9-10-11-16-13(15)12-14(3,4)6-2/h5-12H2,1-4H3. The van der Waals surface area contributed by atoms with Crippen LogP contribution in [0.25, 0.3) is 0 Å². The van der Waals surface area contributed by atoms with E-state index in [9.17, 15) is 4.79 Å². The average molecular weight is 228 g/mol. The molecule has 0 amide bonds. The molecule has 0 spiro atoms. The molecule has 96 valence electrons. The SMILES string of the molecule is CCCCCCCOC(=O)CC(C)(C)CC. The number of unbranched alkanes of at least 4 members (excludes halogenated alkanes) is 4. The van der Waals surface area contributed by atoms with E-state index in [-0.39, 0.29) is 11.4 Å². The van der Waals surface area contributed by atoms with Crippen LogP contribution in [0.1, 0.15) is 72.6 Å². The number of carbonyl (C=O) groups excluding carboxylic acids is 1. The number of hydrogen-bond acceptors (Lipinski definition) is 2. The van der Waals surface area contributed by atoms with Crippen LogP contribution in [0.3, 0.4) is 0 Å². The Hall–Kier alpha value is -0.530. The first kappa shape index (κ1) is 15.5. The lowest BCUT2D eigenvalue weighted by Gasteiger charge is -2.20. The van der Waals surface area contributed by atoms with E-state index in [0.717, 1.165) is 12.8 Å². The summed E-state index contributed by atoms with van der Waals surface area (Å²) in [6, 6.07) is 0. The first-order valence-electron chi connectivity index (χ1n) is 6.67. The highest BCUT2D eigenvalue weighted by molar-refractivity contribution is 5.70. The number of rotatable bonds is 9. The maximum atomic E-state index is 11.5. The second-order valence-corrected chi connectivity index (χ2v) is 5.33. The maximum absolute atomic E-state index is 11.5. The Kier molecular flexibility index (Phi) is 8.32. The van der Waals surface area contributed by atoms with Gasteiger partial charge in [0.15, 0.2) is 0 Å². The van der Waals surface area contributed by atoms with E-state index in [2.05, 4.69) is 27.7 Å². The first-order chi connectivity index (χ1) is 7.52. The summed E-state index contributed by atoms with van der Waals surface area (Å²) < 4.78 is 5.22. The van der Waals surface area contributed by atoms with Gasteiger partial charge in [-0.15, -0.1) is 0 Å². The highest BCUT2D eigenvalue weighted by Gasteiger charge is 2.20. The molecule has 0 aromatic carbocycles. The molecule has 0 atom stereocenters. The van der Waals surface area contributed by atoms with Crippen molar-refractivity contribution in [2.75, 3.05) is 6.61 Å². The van der Waals surface area contributed by atoms with Crippen molar-refractivity contribution in [3.05, 3.63) is 0 Å². The molecule has 0 unspecified atom stereocenters. The van der Waals surface area contributed by atoms with Gasteiger partial charge in [0.25, 0.3) is 0 Å². The van der Waals surface area contributed by atoms with Gasteiger partial charge >= 0.3 is 5.97 Å². The highest BCUT2D eigenvalue weighted by atomic mass is 16.5. The molecule has 0 fully saturated rings. The molecule has 0 radical (unpaired) electrons. The Morgan fingerprint density at radius 1 is 1.06 bits per heavy atom. The molecule has 0 saturated carbocycles. The van der Waals surface area contributed by atoms with E-state index in [4.69, 9.17) is 4.74 Å². The number of esters is 1. The third-order valence-corrected chi connectivity index (χ3v) is 3.09. The van der Waals surface area contributed by atoms with E-state index < -0.39 is 0 Å². The van der Waals surface area contributed by atoms with Crippen molar-refractivity contribution in [2.24, 2.45) is 5.41 Å². The zero-order valence-electron chi connectivity index (χ0n) is 11.5. The summed E-state index contributed by atoms with van der Waals surface area (Å²) in [5.74, 6) is -0.0395. The van der Waals surface area contributed by atoms with Gasteiger partial charge in [-0.1, -0.05) is 59.8 Å². The lowest BCUT2D eigenvalue weighted by atomic mass is 9.87. The fourth-order valence-corrected chi connectivity index (χ4v) is 1.46. The molecule has 2 heteroatoms. The molecular formula is C14H28O2. The van der Waals surface area contributed by atoms with Crippen LogP contribution in [0.4, 0.5) is 0 Å². The Labute approximate surface area is 101 Å². The van der Waals surface area contributed by atoms with E-state index in [0.29, 0.717) is 13.0 Å². The molecule has 0 aliphatic heterocycles. The predicted octanol–water partition coefficient (Wildman–Crippen LogP) is 4.33. The minimum Gasteiger partial charge on any atom is -0.466 e. The van der Waals surface area contributed by atoms with Gasteiger partial charge in [-0.25, -0.2) is 0 Å². The molecular weight excluding hydrogens is 200 g/mol. The molecule has 0 aliphatic carbocycles. The number of hydrogen-bond donors (Lipinski definition) is 0. The zero-order valence-corrected chi connectivity index (χ0v) is 11.5. The minimum absolute atomic E-state index is 0.0395. The summed E-state index contributed by atoms with van der Waals surface area (Å²) in [6.45, 7) is 9.12. The Balaban J connectivity index is 3.44. The minimum atomic E-state index is -0.0395. The average Bonchev–Trinajstić information content (AvgIpc) is 2.22. The lowest BCUT2D eigenvalue weighted by molar-refractivity contribution is -0.146. The van der Waals surface area contributed by atoms with Gasteiger partial charge < -0.3 is 4.74 Å². The normalized spacial score (nSPS) is 11.5. The quantitative estimate of drug-likeness (QED) is 0.434. The van der Waals surface area contributed by atoms with Gasteiger partial charge in [-0.2, -0.15) is 0 Å². The van der Waals surface area contributed by atoms with Crippen molar-refractivity contribution >= 4 is 5.97 Å². The molecule has 0 N–H and O–H groups in total. The van der Waals surface area contributed by atoms with Crippen molar-refractivity contribution in [1.29, 1.82) is 0 Å². The van der Waals surface area contributed by atoms with Crippen LogP contribution in [0, 0.1) is 5.41 Å². The van der Waals surface area contributed by atoms with E-state index in [1.165, 1.54) is 25.7 Å². The topological polar surface area (TPSA) is 26.3 Å². The molecule has 0 heterocycles. The first-order valence-corrected chi connectivity index (χ1v) is 6.67. The molecule has 0 aromatic heterocycles. The summed E-state index contributed by atoms with van der Waals surface area (Å²) in [4.78, 5) is 11.5. The van der Waals surface area contributed by atoms with Gasteiger partial charge in [0, 0.05) is 0 Å². The summed E-state index contributed by atoms with van der Waals surface area (Å²) in [6.07, 6.45) is 7.55. The van der Waals surface area contributed by atoms with E-state index in [1.807, 2.05) is 0 Å². The van der Waals surface area contributed by atoms with Crippen LogP contribution < -0.4 is 0 Å². The third kappa shape index (κ3) is 8.75. The predicted molar refractivity (Wildman–Crippen MR) is 68.4 cm³/mol. The second-order valence-electron chi connectivity index (χ2n) is 5.33. The Morgan fingerprint density at radius 2 is 1.69 bits per heavy atom. The van der Waals surface area contributed by atoms with Crippen molar-refractivity contribution < 1.29 is 9.53 Å². The van der Waals surface area contributed by atoms with Crippen LogP contribution in [-0.4, -0.2) is 12.6 Å². The zero-order chi connectivity index (χ0) is 12.4. The van der Waals surface area contributed by atoms with Gasteiger partial charge in [-0.3, -0.25) is 4.79 Å². The van der Waals surface area contributed by atoms with E-state index >= 15 is 0 Å². The van der Waals surface area contributed by atoms with Crippen molar-refractivity contribution in [1.82, 2.24) is 0 Å². The van der Waals surface area contributed by atoms with Crippen LogP contribution in [0.15, 0.2) is 0 Å². The fourth-order valence-electron chi connectivity index (χ4n) is 1.46. The largest absolute Gasteiger partial charge is 0.466 e. The highest BCUT2D eigenvalue weighted by Crippen LogP contribution is 2.24. The fraction of sp³-hybridized carbons (Fsp3) is 0.929. The third-order valence-electron chi connectivity index (χ3n) is 3.09.